The van der Waals surface area contributed by atoms with Crippen molar-refractivity contribution in [3.63, 3.8) is 0 Å². The third kappa shape index (κ3) is 4.61. The summed E-state index contributed by atoms with van der Waals surface area (Å²) >= 11 is 0. The number of nitrogens with zero attached hydrogens (tertiary/aromatic N) is 2. The van der Waals surface area contributed by atoms with E-state index in [4.69, 9.17) is 0 Å². The SMILES string of the molecule is CC(C)c1cccc(NC(=O)CN2CCN(c3ccccc3F)CC2)c1. The molecule has 1 aliphatic heterocycles. The molecule has 1 amide bonds. The topological polar surface area (TPSA) is 35.6 Å². The number of amides is 1. The molecule has 1 aliphatic rings. The third-order valence-corrected chi connectivity index (χ3v) is 4.77. The summed E-state index contributed by atoms with van der Waals surface area (Å²) in [6, 6.07) is 14.8. The van der Waals surface area contributed by atoms with Gasteiger partial charge in [0.2, 0.25) is 5.91 Å². The van der Waals surface area contributed by atoms with E-state index in [0.29, 0.717) is 18.2 Å². The second kappa shape index (κ2) is 8.32. The molecule has 5 heteroatoms. The first kappa shape index (κ1) is 18.4. The highest BCUT2D eigenvalue weighted by Crippen LogP contribution is 2.21. The van der Waals surface area contributed by atoms with Crippen LogP contribution < -0.4 is 10.2 Å². The number of carbonyl (C=O) groups excluding carboxylic acids is 1. The lowest BCUT2D eigenvalue weighted by Gasteiger charge is -2.35. The molecule has 138 valence electrons. The fourth-order valence-electron chi connectivity index (χ4n) is 3.23. The summed E-state index contributed by atoms with van der Waals surface area (Å²) in [5, 5.41) is 2.98. The summed E-state index contributed by atoms with van der Waals surface area (Å²) in [6.07, 6.45) is 0. The van der Waals surface area contributed by atoms with Crippen LogP contribution in [-0.2, 0) is 4.79 Å². The number of rotatable bonds is 5. The van der Waals surface area contributed by atoms with Crippen LogP contribution in [0.2, 0.25) is 0 Å². The smallest absolute Gasteiger partial charge is 0.238 e. The predicted octanol–water partition coefficient (Wildman–Crippen LogP) is 3.71. The number of piperazine rings is 1. The lowest BCUT2D eigenvalue weighted by atomic mass is 10.0. The first-order chi connectivity index (χ1) is 12.5. The van der Waals surface area contributed by atoms with Crippen LogP contribution in [0.3, 0.4) is 0 Å². The van der Waals surface area contributed by atoms with Gasteiger partial charge in [0.05, 0.1) is 12.2 Å². The van der Waals surface area contributed by atoms with Gasteiger partial charge in [-0.15, -0.1) is 0 Å². The molecular formula is C21H26FN3O. The number of benzene rings is 2. The number of hydrogen-bond acceptors (Lipinski definition) is 3. The standard InChI is InChI=1S/C21H26FN3O/c1-16(2)17-6-5-7-18(14-17)23-21(26)15-24-10-12-25(13-11-24)20-9-4-3-8-19(20)22/h3-9,14,16H,10-13,15H2,1-2H3,(H,23,26). The summed E-state index contributed by atoms with van der Waals surface area (Å²) < 4.78 is 13.9. The fraction of sp³-hybridized carbons (Fsp3) is 0.381. The molecule has 0 bridgehead atoms. The second-order valence-electron chi connectivity index (χ2n) is 7.04. The Labute approximate surface area is 154 Å². The van der Waals surface area contributed by atoms with E-state index in [1.54, 1.807) is 12.1 Å². The van der Waals surface area contributed by atoms with Gasteiger partial charge in [-0.2, -0.15) is 0 Å². The molecule has 26 heavy (non-hydrogen) atoms. The van der Waals surface area contributed by atoms with E-state index < -0.39 is 0 Å². The van der Waals surface area contributed by atoms with Gasteiger partial charge in [0.15, 0.2) is 0 Å². The van der Waals surface area contributed by atoms with Crippen LogP contribution in [-0.4, -0.2) is 43.5 Å². The van der Waals surface area contributed by atoms with Crippen LogP contribution in [0, 0.1) is 5.82 Å². The Morgan fingerprint density at radius 2 is 1.81 bits per heavy atom. The highest BCUT2D eigenvalue weighted by Gasteiger charge is 2.20. The normalized spacial score (nSPS) is 15.3. The highest BCUT2D eigenvalue weighted by atomic mass is 19.1. The highest BCUT2D eigenvalue weighted by molar-refractivity contribution is 5.92. The largest absolute Gasteiger partial charge is 0.367 e. The molecule has 0 aromatic heterocycles. The summed E-state index contributed by atoms with van der Waals surface area (Å²) in [4.78, 5) is 16.5. The van der Waals surface area contributed by atoms with Crippen LogP contribution in [0.25, 0.3) is 0 Å². The van der Waals surface area contributed by atoms with E-state index in [2.05, 4.69) is 30.1 Å². The Bertz CT molecular complexity index is 754. The molecule has 1 N–H and O–H groups in total. The monoisotopic (exact) mass is 355 g/mol. The van der Waals surface area contributed by atoms with Crippen molar-refractivity contribution in [2.75, 3.05) is 42.9 Å². The predicted molar refractivity (Wildman–Crippen MR) is 104 cm³/mol. The minimum Gasteiger partial charge on any atom is -0.367 e. The summed E-state index contributed by atoms with van der Waals surface area (Å²) in [5.41, 5.74) is 2.69. The molecule has 0 unspecified atom stereocenters. The minimum absolute atomic E-state index is 0.00903. The molecule has 0 aliphatic carbocycles. The van der Waals surface area contributed by atoms with E-state index in [9.17, 15) is 9.18 Å². The molecule has 0 spiro atoms. The number of hydrogen-bond donors (Lipinski definition) is 1. The van der Waals surface area contributed by atoms with Crippen LogP contribution in [0.5, 0.6) is 0 Å². The maximum Gasteiger partial charge on any atom is 0.238 e. The maximum absolute atomic E-state index is 13.9. The Hall–Kier alpha value is -2.40. The van der Waals surface area contributed by atoms with E-state index in [-0.39, 0.29) is 11.7 Å². The van der Waals surface area contributed by atoms with Gasteiger partial charge in [-0.05, 0) is 35.7 Å². The third-order valence-electron chi connectivity index (χ3n) is 4.77. The van der Waals surface area contributed by atoms with E-state index in [1.807, 2.05) is 29.2 Å². The summed E-state index contributed by atoms with van der Waals surface area (Å²) in [6.45, 7) is 7.55. The van der Waals surface area contributed by atoms with Crippen molar-refractivity contribution < 1.29 is 9.18 Å². The summed E-state index contributed by atoms with van der Waals surface area (Å²) in [7, 11) is 0. The van der Waals surface area contributed by atoms with Crippen LogP contribution in [0.4, 0.5) is 15.8 Å². The molecule has 0 radical (unpaired) electrons. The van der Waals surface area contributed by atoms with Crippen molar-refractivity contribution >= 4 is 17.3 Å². The molecule has 0 saturated carbocycles. The van der Waals surface area contributed by atoms with Crippen molar-refractivity contribution in [2.24, 2.45) is 0 Å². The van der Waals surface area contributed by atoms with E-state index in [0.717, 1.165) is 31.9 Å². The number of nitrogens with one attached hydrogen (secondary N) is 1. The van der Waals surface area contributed by atoms with Gasteiger partial charge in [0.25, 0.3) is 0 Å². The molecule has 0 atom stereocenters. The fourth-order valence-corrected chi connectivity index (χ4v) is 3.23. The zero-order chi connectivity index (χ0) is 18.5. The number of carbonyl (C=O) groups is 1. The van der Waals surface area contributed by atoms with Gasteiger partial charge in [-0.3, -0.25) is 9.69 Å². The number of halogens is 1. The first-order valence-electron chi connectivity index (χ1n) is 9.14. The van der Waals surface area contributed by atoms with Gasteiger partial charge >= 0.3 is 0 Å². The number of para-hydroxylation sites is 1. The van der Waals surface area contributed by atoms with Crippen LogP contribution in [0.15, 0.2) is 48.5 Å². The van der Waals surface area contributed by atoms with Crippen LogP contribution in [0.1, 0.15) is 25.3 Å². The molecule has 4 nitrogen and oxygen atoms in total. The molecule has 2 aromatic carbocycles. The van der Waals surface area contributed by atoms with E-state index in [1.165, 1.54) is 11.6 Å². The van der Waals surface area contributed by atoms with Gasteiger partial charge < -0.3 is 10.2 Å². The van der Waals surface area contributed by atoms with Gasteiger partial charge in [-0.25, -0.2) is 4.39 Å². The zero-order valence-corrected chi connectivity index (χ0v) is 15.4. The van der Waals surface area contributed by atoms with Gasteiger partial charge in [-0.1, -0.05) is 38.1 Å². The summed E-state index contributed by atoms with van der Waals surface area (Å²) in [5.74, 6) is 0.229. The number of anilines is 2. The molecule has 1 heterocycles. The second-order valence-corrected chi connectivity index (χ2v) is 7.04. The van der Waals surface area contributed by atoms with Crippen molar-refractivity contribution in [3.05, 3.63) is 59.9 Å². The van der Waals surface area contributed by atoms with E-state index >= 15 is 0 Å². The zero-order valence-electron chi connectivity index (χ0n) is 15.4. The Kier molecular flexibility index (Phi) is 5.89. The van der Waals surface area contributed by atoms with Gasteiger partial charge in [0, 0.05) is 31.9 Å². The molecule has 1 fully saturated rings. The Morgan fingerprint density at radius 3 is 2.50 bits per heavy atom. The quantitative estimate of drug-likeness (QED) is 0.888. The molecule has 3 rings (SSSR count). The average molecular weight is 355 g/mol. The lowest BCUT2D eigenvalue weighted by Crippen LogP contribution is -2.48. The Morgan fingerprint density at radius 1 is 1.08 bits per heavy atom. The average Bonchev–Trinajstić information content (AvgIpc) is 2.63. The molecular weight excluding hydrogens is 329 g/mol. The van der Waals surface area contributed by atoms with Gasteiger partial charge in [0.1, 0.15) is 5.82 Å². The molecule has 2 aromatic rings. The van der Waals surface area contributed by atoms with Crippen molar-refractivity contribution in [1.82, 2.24) is 4.90 Å². The first-order valence-corrected chi connectivity index (χ1v) is 9.14. The van der Waals surface area contributed by atoms with Crippen molar-refractivity contribution in [3.8, 4) is 0 Å². The van der Waals surface area contributed by atoms with Crippen LogP contribution >= 0.6 is 0 Å². The maximum atomic E-state index is 13.9. The Balaban J connectivity index is 1.51. The van der Waals surface area contributed by atoms with Crippen molar-refractivity contribution in [1.29, 1.82) is 0 Å². The molecule has 1 saturated heterocycles. The van der Waals surface area contributed by atoms with Crippen molar-refractivity contribution in [2.45, 2.75) is 19.8 Å². The lowest BCUT2D eigenvalue weighted by molar-refractivity contribution is -0.117. The minimum atomic E-state index is -0.191.